The fraction of sp³-hybridized carbons (Fsp3) is 0.0541. The van der Waals surface area contributed by atoms with E-state index in [1.807, 2.05) is 97.9 Å². The van der Waals surface area contributed by atoms with E-state index >= 15 is 0 Å². The molecule has 4 nitrogen and oxygen atoms in total. The van der Waals surface area contributed by atoms with Gasteiger partial charge in [-0.25, -0.2) is 8.42 Å². The number of rotatable bonds is 4. The van der Waals surface area contributed by atoms with Gasteiger partial charge < -0.3 is 0 Å². The first-order valence-electron chi connectivity index (χ1n) is 13.8. The normalized spacial score (nSPS) is 12.4. The molecule has 42 heavy (non-hydrogen) atoms. The molecule has 0 atom stereocenters. The van der Waals surface area contributed by atoms with Gasteiger partial charge in [-0.15, -0.1) is 0 Å². The highest BCUT2D eigenvalue weighted by molar-refractivity contribution is 7.92. The molecule has 1 aliphatic rings. The van der Waals surface area contributed by atoms with Crippen molar-refractivity contribution < 1.29 is 8.42 Å². The van der Waals surface area contributed by atoms with Crippen LogP contribution in [0.25, 0.3) is 44.2 Å². The Labute approximate surface area is 245 Å². The van der Waals surface area contributed by atoms with E-state index < -0.39 is 10.0 Å². The molecule has 1 heterocycles. The van der Waals surface area contributed by atoms with Gasteiger partial charge >= 0.3 is 0 Å². The maximum Gasteiger partial charge on any atom is 0.264 e. The Bertz CT molecular complexity index is 2130. The third kappa shape index (κ3) is 4.08. The first-order valence-corrected chi connectivity index (χ1v) is 15.2. The summed E-state index contributed by atoms with van der Waals surface area (Å²) in [6.07, 6.45) is 0. The van der Waals surface area contributed by atoms with Gasteiger partial charge in [0.05, 0.1) is 28.8 Å². The van der Waals surface area contributed by atoms with Gasteiger partial charge in [-0.05, 0) is 81.4 Å². The molecule has 0 aliphatic carbocycles. The van der Waals surface area contributed by atoms with Crippen molar-refractivity contribution in [3.05, 3.63) is 144 Å². The quantitative estimate of drug-likeness (QED) is 0.216. The van der Waals surface area contributed by atoms with Crippen LogP contribution in [0.5, 0.6) is 0 Å². The lowest BCUT2D eigenvalue weighted by molar-refractivity contribution is 0.590. The number of sulfonamides is 1. The minimum atomic E-state index is -3.89. The maximum atomic E-state index is 14.3. The smallest absolute Gasteiger partial charge is 0.261 e. The van der Waals surface area contributed by atoms with Crippen molar-refractivity contribution in [1.29, 1.82) is 5.26 Å². The second-order valence-corrected chi connectivity index (χ2v) is 12.4. The number of nitrogens with zero attached hydrogens (tertiary/aromatic N) is 2. The molecule has 0 aromatic heterocycles. The van der Waals surface area contributed by atoms with Crippen molar-refractivity contribution in [1.82, 2.24) is 0 Å². The van der Waals surface area contributed by atoms with Crippen LogP contribution in [-0.2, 0) is 16.6 Å². The highest BCUT2D eigenvalue weighted by Crippen LogP contribution is 2.52. The van der Waals surface area contributed by atoms with Crippen molar-refractivity contribution in [2.45, 2.75) is 18.4 Å². The van der Waals surface area contributed by atoms with Crippen LogP contribution in [-0.4, -0.2) is 8.42 Å². The van der Waals surface area contributed by atoms with Crippen LogP contribution in [0.3, 0.4) is 0 Å². The summed E-state index contributed by atoms with van der Waals surface area (Å²) in [5.74, 6) is 0. The number of aryl methyl sites for hydroxylation is 1. The number of nitriles is 1. The van der Waals surface area contributed by atoms with Crippen molar-refractivity contribution in [3.63, 3.8) is 0 Å². The average molecular weight is 563 g/mol. The number of hydrogen-bond donors (Lipinski definition) is 0. The fourth-order valence-corrected chi connectivity index (χ4v) is 7.54. The zero-order valence-corrected chi connectivity index (χ0v) is 23.8. The summed E-state index contributed by atoms with van der Waals surface area (Å²) in [5, 5.41) is 11.8. The van der Waals surface area contributed by atoms with Crippen LogP contribution in [0, 0.1) is 18.3 Å². The first kappa shape index (κ1) is 25.8. The predicted octanol–water partition coefficient (Wildman–Crippen LogP) is 8.73. The Morgan fingerprint density at radius 1 is 0.667 bits per heavy atom. The van der Waals surface area contributed by atoms with Gasteiger partial charge in [-0.3, -0.25) is 4.31 Å². The van der Waals surface area contributed by atoms with Gasteiger partial charge in [-0.2, -0.15) is 5.26 Å². The number of para-hydroxylation sites is 1. The van der Waals surface area contributed by atoms with Gasteiger partial charge in [0.1, 0.15) is 0 Å². The lowest BCUT2D eigenvalue weighted by Gasteiger charge is -2.35. The van der Waals surface area contributed by atoms with E-state index in [9.17, 15) is 13.7 Å². The Hall–Kier alpha value is -5.18. The van der Waals surface area contributed by atoms with E-state index in [4.69, 9.17) is 0 Å². The Kier molecular flexibility index (Phi) is 6.15. The summed E-state index contributed by atoms with van der Waals surface area (Å²) >= 11 is 0. The van der Waals surface area contributed by atoms with Crippen LogP contribution in [0.15, 0.2) is 132 Å². The van der Waals surface area contributed by atoms with Crippen LogP contribution >= 0.6 is 0 Å². The fourth-order valence-electron chi connectivity index (χ4n) is 6.09. The maximum absolute atomic E-state index is 14.3. The van der Waals surface area contributed by atoms with E-state index in [0.29, 0.717) is 11.3 Å². The summed E-state index contributed by atoms with van der Waals surface area (Å²) in [4.78, 5) is 0.260. The molecule has 0 N–H and O–H groups in total. The third-order valence-corrected chi connectivity index (χ3v) is 9.79. The zero-order chi connectivity index (χ0) is 28.8. The Balaban J connectivity index is 1.64. The molecule has 202 valence electrons. The minimum absolute atomic E-state index is 0.169. The van der Waals surface area contributed by atoms with E-state index in [2.05, 4.69) is 30.3 Å². The van der Waals surface area contributed by atoms with E-state index in [0.717, 1.165) is 55.3 Å². The summed E-state index contributed by atoms with van der Waals surface area (Å²) in [5.41, 5.74) is 8.97. The minimum Gasteiger partial charge on any atom is -0.261 e. The standard InChI is InChI=1S/C37H26N2O2S/c1-25-16-19-29(20-17-25)42(40,41)39-24-33-35(27-10-4-2-5-11-27)30-21-18-26(23-38)22-32(30)36(28-12-6-3-7-13-28)37(33)31-14-8-9-15-34(31)39/h2-22H,24H2,1H3. The van der Waals surface area contributed by atoms with E-state index in [-0.39, 0.29) is 11.4 Å². The number of benzene rings is 6. The van der Waals surface area contributed by atoms with Crippen LogP contribution < -0.4 is 4.31 Å². The van der Waals surface area contributed by atoms with Gasteiger partial charge in [0, 0.05) is 5.56 Å². The molecular formula is C37H26N2O2S. The lowest BCUT2D eigenvalue weighted by Crippen LogP contribution is -2.33. The molecule has 6 aromatic carbocycles. The lowest BCUT2D eigenvalue weighted by atomic mass is 9.79. The Morgan fingerprint density at radius 2 is 1.29 bits per heavy atom. The molecule has 1 aliphatic heterocycles. The predicted molar refractivity (Wildman–Crippen MR) is 170 cm³/mol. The molecule has 6 aromatic rings. The van der Waals surface area contributed by atoms with Crippen molar-refractivity contribution in [3.8, 4) is 39.4 Å². The summed E-state index contributed by atoms with van der Waals surface area (Å²) in [7, 11) is -3.89. The summed E-state index contributed by atoms with van der Waals surface area (Å²) in [6.45, 7) is 2.12. The van der Waals surface area contributed by atoms with Gasteiger partial charge in [-0.1, -0.05) is 103 Å². The molecule has 0 saturated heterocycles. The topological polar surface area (TPSA) is 61.2 Å². The van der Waals surface area contributed by atoms with Gasteiger partial charge in [0.15, 0.2) is 0 Å². The van der Waals surface area contributed by atoms with Crippen molar-refractivity contribution >= 4 is 26.5 Å². The van der Waals surface area contributed by atoms with E-state index in [1.54, 1.807) is 16.4 Å². The molecular weight excluding hydrogens is 536 g/mol. The summed E-state index contributed by atoms with van der Waals surface area (Å²) < 4.78 is 30.2. The molecule has 7 rings (SSSR count). The van der Waals surface area contributed by atoms with Gasteiger partial charge in [0.2, 0.25) is 0 Å². The molecule has 0 spiro atoms. The molecule has 0 amide bonds. The molecule has 0 saturated carbocycles. The molecule has 0 radical (unpaired) electrons. The molecule has 0 fully saturated rings. The van der Waals surface area contributed by atoms with Gasteiger partial charge in [0.25, 0.3) is 10.0 Å². The Morgan fingerprint density at radius 3 is 1.95 bits per heavy atom. The largest absolute Gasteiger partial charge is 0.264 e. The van der Waals surface area contributed by atoms with Crippen LogP contribution in [0.2, 0.25) is 0 Å². The molecule has 5 heteroatoms. The average Bonchev–Trinajstić information content (AvgIpc) is 3.04. The number of hydrogen-bond acceptors (Lipinski definition) is 3. The number of fused-ring (bicyclic) bond motifs is 4. The van der Waals surface area contributed by atoms with Crippen molar-refractivity contribution in [2.75, 3.05) is 4.31 Å². The molecule has 0 bridgehead atoms. The zero-order valence-electron chi connectivity index (χ0n) is 23.0. The first-order chi connectivity index (χ1) is 20.5. The SMILES string of the molecule is Cc1ccc(S(=O)(=O)N2Cc3c(c(-c4ccccc4)c4cc(C#N)ccc4c3-c3ccccc3)-c3ccccc32)cc1. The highest BCUT2D eigenvalue weighted by Gasteiger charge is 2.35. The monoisotopic (exact) mass is 562 g/mol. The van der Waals surface area contributed by atoms with E-state index in [1.165, 1.54) is 0 Å². The van der Waals surface area contributed by atoms with Crippen LogP contribution in [0.4, 0.5) is 5.69 Å². The summed E-state index contributed by atoms with van der Waals surface area (Å²) in [6, 6.07) is 43.2. The second kappa shape index (κ2) is 10.0. The number of anilines is 1. The molecule has 0 unspecified atom stereocenters. The highest BCUT2D eigenvalue weighted by atomic mass is 32.2. The van der Waals surface area contributed by atoms with Crippen molar-refractivity contribution in [2.24, 2.45) is 0 Å². The van der Waals surface area contributed by atoms with Crippen LogP contribution in [0.1, 0.15) is 16.7 Å². The second-order valence-electron chi connectivity index (χ2n) is 10.5. The third-order valence-electron chi connectivity index (χ3n) is 8.02.